The second-order valence-corrected chi connectivity index (χ2v) is 3.65. The summed E-state index contributed by atoms with van der Waals surface area (Å²) in [6, 6.07) is 5.22. The fraction of sp³-hybridized carbons (Fsp3) is 0.231. The monoisotopic (exact) mass is 246 g/mol. The quantitative estimate of drug-likeness (QED) is 0.729. The van der Waals surface area contributed by atoms with E-state index < -0.39 is 0 Å². The van der Waals surface area contributed by atoms with Gasteiger partial charge in [0.05, 0.1) is 25.5 Å². The largest absolute Gasteiger partial charge is 0.493 e. The second-order valence-electron chi connectivity index (χ2n) is 3.65. The van der Waals surface area contributed by atoms with Gasteiger partial charge in [-0.3, -0.25) is 4.79 Å². The molecule has 0 fully saturated rings. The lowest BCUT2D eigenvalue weighted by Gasteiger charge is -2.12. The normalized spacial score (nSPS) is 10.1. The standard InChI is InChI=1S/C13H14N2O3/c1-17-12-4-2-3-11(9-16)13(12)18-8-7-15-6-5-14-10-15/h2-6,9-10H,7-8H2,1H3. The van der Waals surface area contributed by atoms with Crippen molar-refractivity contribution in [2.45, 2.75) is 6.54 Å². The van der Waals surface area contributed by atoms with Gasteiger partial charge in [-0.15, -0.1) is 0 Å². The molecule has 0 aliphatic heterocycles. The fourth-order valence-electron chi connectivity index (χ4n) is 1.61. The smallest absolute Gasteiger partial charge is 0.171 e. The molecule has 0 aliphatic rings. The molecule has 5 nitrogen and oxygen atoms in total. The van der Waals surface area contributed by atoms with Crippen molar-refractivity contribution in [3.05, 3.63) is 42.5 Å². The maximum atomic E-state index is 10.9. The van der Waals surface area contributed by atoms with Crippen molar-refractivity contribution in [2.75, 3.05) is 13.7 Å². The maximum absolute atomic E-state index is 10.9. The minimum absolute atomic E-state index is 0.442. The summed E-state index contributed by atoms with van der Waals surface area (Å²) in [7, 11) is 1.55. The third-order valence-electron chi connectivity index (χ3n) is 2.51. The fourth-order valence-corrected chi connectivity index (χ4v) is 1.61. The highest BCUT2D eigenvalue weighted by Crippen LogP contribution is 2.29. The Balaban J connectivity index is 2.05. The Morgan fingerprint density at radius 3 is 3.00 bits per heavy atom. The molecule has 0 radical (unpaired) electrons. The van der Waals surface area contributed by atoms with Crippen LogP contribution in [0.25, 0.3) is 0 Å². The lowest BCUT2D eigenvalue weighted by Crippen LogP contribution is -2.08. The van der Waals surface area contributed by atoms with E-state index in [0.29, 0.717) is 30.2 Å². The van der Waals surface area contributed by atoms with Crippen molar-refractivity contribution < 1.29 is 14.3 Å². The minimum atomic E-state index is 0.442. The lowest BCUT2D eigenvalue weighted by atomic mass is 10.2. The van der Waals surface area contributed by atoms with Crippen LogP contribution in [0.5, 0.6) is 11.5 Å². The van der Waals surface area contributed by atoms with Gasteiger partial charge in [-0.2, -0.15) is 0 Å². The highest BCUT2D eigenvalue weighted by Gasteiger charge is 2.09. The number of methoxy groups -OCH3 is 1. The molecule has 0 N–H and O–H groups in total. The summed E-state index contributed by atoms with van der Waals surface area (Å²) in [5.41, 5.74) is 0.486. The molecular formula is C13H14N2O3. The predicted molar refractivity (Wildman–Crippen MR) is 66.1 cm³/mol. The topological polar surface area (TPSA) is 53.4 Å². The summed E-state index contributed by atoms with van der Waals surface area (Å²) in [6.45, 7) is 1.11. The summed E-state index contributed by atoms with van der Waals surface area (Å²) in [4.78, 5) is 14.9. The van der Waals surface area contributed by atoms with E-state index >= 15 is 0 Å². The number of carbonyl (C=O) groups is 1. The Morgan fingerprint density at radius 1 is 1.44 bits per heavy atom. The zero-order valence-electron chi connectivity index (χ0n) is 10.1. The van der Waals surface area contributed by atoms with Crippen LogP contribution in [0.3, 0.4) is 0 Å². The first-order valence-electron chi connectivity index (χ1n) is 5.56. The summed E-state index contributed by atoms with van der Waals surface area (Å²) in [5.74, 6) is 1.04. The molecule has 1 aromatic heterocycles. The summed E-state index contributed by atoms with van der Waals surface area (Å²) in [5, 5.41) is 0. The van der Waals surface area contributed by atoms with Crippen molar-refractivity contribution >= 4 is 6.29 Å². The van der Waals surface area contributed by atoms with Crippen LogP contribution in [0.4, 0.5) is 0 Å². The summed E-state index contributed by atoms with van der Waals surface area (Å²) < 4.78 is 12.7. The third-order valence-corrected chi connectivity index (χ3v) is 2.51. The van der Waals surface area contributed by atoms with Crippen LogP contribution in [-0.2, 0) is 6.54 Å². The molecule has 0 bridgehead atoms. The number of nitrogens with zero attached hydrogens (tertiary/aromatic N) is 2. The van der Waals surface area contributed by atoms with Gasteiger partial charge in [0.2, 0.25) is 0 Å². The van der Waals surface area contributed by atoms with E-state index in [4.69, 9.17) is 9.47 Å². The number of aromatic nitrogens is 2. The number of rotatable bonds is 6. The minimum Gasteiger partial charge on any atom is -0.493 e. The molecule has 2 rings (SSSR count). The molecule has 94 valence electrons. The molecule has 0 unspecified atom stereocenters. The van der Waals surface area contributed by atoms with Crippen LogP contribution in [-0.4, -0.2) is 29.6 Å². The summed E-state index contributed by atoms with van der Waals surface area (Å²) >= 11 is 0. The number of carbonyl (C=O) groups excluding carboxylic acids is 1. The van der Waals surface area contributed by atoms with Gasteiger partial charge in [-0.1, -0.05) is 6.07 Å². The summed E-state index contributed by atoms with van der Waals surface area (Å²) in [6.07, 6.45) is 6.04. The van der Waals surface area contributed by atoms with Gasteiger partial charge in [0, 0.05) is 12.4 Å². The van der Waals surface area contributed by atoms with Crippen LogP contribution in [0, 0.1) is 0 Å². The van der Waals surface area contributed by atoms with Gasteiger partial charge in [0.1, 0.15) is 6.61 Å². The molecule has 18 heavy (non-hydrogen) atoms. The zero-order valence-corrected chi connectivity index (χ0v) is 10.1. The molecule has 1 heterocycles. The van der Waals surface area contributed by atoms with Crippen molar-refractivity contribution in [3.8, 4) is 11.5 Å². The SMILES string of the molecule is COc1cccc(C=O)c1OCCn1ccnc1. The first-order valence-corrected chi connectivity index (χ1v) is 5.56. The number of benzene rings is 1. The van der Waals surface area contributed by atoms with Crippen molar-refractivity contribution in [1.29, 1.82) is 0 Å². The Hall–Kier alpha value is -2.30. The second kappa shape index (κ2) is 5.86. The number of hydrogen-bond acceptors (Lipinski definition) is 4. The molecule has 0 atom stereocenters. The highest BCUT2D eigenvalue weighted by atomic mass is 16.5. The molecule has 5 heteroatoms. The van der Waals surface area contributed by atoms with E-state index in [-0.39, 0.29) is 0 Å². The number of para-hydroxylation sites is 1. The van der Waals surface area contributed by atoms with Crippen LogP contribution in [0.2, 0.25) is 0 Å². The first kappa shape index (κ1) is 12.2. The van der Waals surface area contributed by atoms with Gasteiger partial charge < -0.3 is 14.0 Å². The van der Waals surface area contributed by atoms with E-state index in [0.717, 1.165) is 6.29 Å². The van der Waals surface area contributed by atoms with E-state index in [1.54, 1.807) is 37.8 Å². The molecule has 0 spiro atoms. The van der Waals surface area contributed by atoms with E-state index in [2.05, 4.69) is 4.98 Å². The van der Waals surface area contributed by atoms with E-state index in [9.17, 15) is 4.79 Å². The molecule has 0 saturated heterocycles. The maximum Gasteiger partial charge on any atom is 0.171 e. The molecule has 0 saturated carbocycles. The average Bonchev–Trinajstić information content (AvgIpc) is 2.92. The lowest BCUT2D eigenvalue weighted by molar-refractivity contribution is 0.111. The van der Waals surface area contributed by atoms with E-state index in [1.807, 2.05) is 10.8 Å². The first-order chi connectivity index (χ1) is 8.85. The number of ether oxygens (including phenoxy) is 2. The van der Waals surface area contributed by atoms with Gasteiger partial charge in [-0.25, -0.2) is 4.98 Å². The van der Waals surface area contributed by atoms with Gasteiger partial charge >= 0.3 is 0 Å². The number of imidazole rings is 1. The number of hydrogen-bond donors (Lipinski definition) is 0. The van der Waals surface area contributed by atoms with Crippen molar-refractivity contribution in [2.24, 2.45) is 0 Å². The predicted octanol–water partition coefficient (Wildman–Crippen LogP) is 1.78. The highest BCUT2D eigenvalue weighted by molar-refractivity contribution is 5.81. The van der Waals surface area contributed by atoms with Gasteiger partial charge in [0.25, 0.3) is 0 Å². The van der Waals surface area contributed by atoms with Crippen LogP contribution in [0.1, 0.15) is 10.4 Å². The third kappa shape index (κ3) is 2.68. The van der Waals surface area contributed by atoms with Crippen LogP contribution >= 0.6 is 0 Å². The Bertz CT molecular complexity index is 509. The van der Waals surface area contributed by atoms with Gasteiger partial charge in [-0.05, 0) is 12.1 Å². The van der Waals surface area contributed by atoms with Gasteiger partial charge in [0.15, 0.2) is 17.8 Å². The molecule has 0 amide bonds. The number of aldehydes is 1. The molecule has 2 aromatic rings. The molecule has 0 aliphatic carbocycles. The molecular weight excluding hydrogens is 232 g/mol. The molecule has 1 aromatic carbocycles. The Morgan fingerprint density at radius 2 is 2.33 bits per heavy atom. The van der Waals surface area contributed by atoms with E-state index in [1.165, 1.54) is 0 Å². The van der Waals surface area contributed by atoms with Crippen LogP contribution in [0.15, 0.2) is 36.9 Å². The Labute approximate surface area is 105 Å². The zero-order chi connectivity index (χ0) is 12.8. The van der Waals surface area contributed by atoms with Crippen molar-refractivity contribution in [3.63, 3.8) is 0 Å². The average molecular weight is 246 g/mol. The Kier molecular flexibility index (Phi) is 3.96. The van der Waals surface area contributed by atoms with Crippen LogP contribution < -0.4 is 9.47 Å². The van der Waals surface area contributed by atoms with Crippen molar-refractivity contribution in [1.82, 2.24) is 9.55 Å².